The van der Waals surface area contributed by atoms with Crippen molar-refractivity contribution >= 4 is 11.6 Å². The summed E-state index contributed by atoms with van der Waals surface area (Å²) in [5, 5.41) is 3.78. The molecule has 0 fully saturated rings. The standard InChI is InChI=1S/C12H17ClFN/c1-12(2,3)8-15-7-9-4-5-10(14)6-11(9)13/h4-6,15H,7-8H2,1-3H3. The fraction of sp³-hybridized carbons (Fsp3) is 0.500. The van der Waals surface area contributed by atoms with Gasteiger partial charge in [-0.2, -0.15) is 0 Å². The molecule has 1 N–H and O–H groups in total. The number of hydrogen-bond acceptors (Lipinski definition) is 1. The highest BCUT2D eigenvalue weighted by Crippen LogP contribution is 2.17. The number of nitrogens with one attached hydrogen (secondary N) is 1. The van der Waals surface area contributed by atoms with Gasteiger partial charge in [0.1, 0.15) is 5.82 Å². The van der Waals surface area contributed by atoms with Crippen molar-refractivity contribution in [3.05, 3.63) is 34.6 Å². The number of hydrogen-bond donors (Lipinski definition) is 1. The smallest absolute Gasteiger partial charge is 0.124 e. The Hall–Kier alpha value is -0.600. The lowest BCUT2D eigenvalue weighted by atomic mass is 9.97. The molecule has 0 aromatic heterocycles. The minimum atomic E-state index is -0.292. The van der Waals surface area contributed by atoms with E-state index in [0.29, 0.717) is 11.6 Å². The van der Waals surface area contributed by atoms with Crippen LogP contribution < -0.4 is 5.32 Å². The van der Waals surface area contributed by atoms with Crippen molar-refractivity contribution in [1.29, 1.82) is 0 Å². The van der Waals surface area contributed by atoms with Crippen molar-refractivity contribution < 1.29 is 4.39 Å². The summed E-state index contributed by atoms with van der Waals surface area (Å²) in [7, 11) is 0. The van der Waals surface area contributed by atoms with Crippen molar-refractivity contribution in [2.45, 2.75) is 27.3 Å². The molecule has 0 aliphatic rings. The van der Waals surface area contributed by atoms with Gasteiger partial charge in [-0.25, -0.2) is 4.39 Å². The molecule has 0 radical (unpaired) electrons. The van der Waals surface area contributed by atoms with Crippen LogP contribution in [0.2, 0.25) is 5.02 Å². The lowest BCUT2D eigenvalue weighted by molar-refractivity contribution is 0.379. The van der Waals surface area contributed by atoms with E-state index in [9.17, 15) is 4.39 Å². The summed E-state index contributed by atoms with van der Waals surface area (Å²) in [6, 6.07) is 4.49. The molecule has 0 aliphatic carbocycles. The summed E-state index contributed by atoms with van der Waals surface area (Å²) < 4.78 is 12.8. The molecule has 0 saturated heterocycles. The van der Waals surface area contributed by atoms with Crippen LogP contribution in [0.3, 0.4) is 0 Å². The average molecular weight is 230 g/mol. The van der Waals surface area contributed by atoms with Crippen molar-refractivity contribution in [3.63, 3.8) is 0 Å². The predicted molar refractivity (Wildman–Crippen MR) is 62.6 cm³/mol. The third-order valence-corrected chi connectivity index (χ3v) is 2.34. The minimum Gasteiger partial charge on any atom is -0.312 e. The van der Waals surface area contributed by atoms with Gasteiger partial charge < -0.3 is 5.32 Å². The molecule has 84 valence electrons. The molecular weight excluding hydrogens is 213 g/mol. The topological polar surface area (TPSA) is 12.0 Å². The SMILES string of the molecule is CC(C)(C)CNCc1ccc(F)cc1Cl. The highest BCUT2D eigenvalue weighted by molar-refractivity contribution is 6.31. The fourth-order valence-electron chi connectivity index (χ4n) is 1.24. The second kappa shape index (κ2) is 4.95. The first kappa shape index (κ1) is 12.5. The normalized spacial score (nSPS) is 11.8. The molecule has 1 rings (SSSR count). The quantitative estimate of drug-likeness (QED) is 0.835. The maximum atomic E-state index is 12.8. The van der Waals surface area contributed by atoms with Crippen LogP contribution in [-0.2, 0) is 6.54 Å². The van der Waals surface area contributed by atoms with Crippen LogP contribution >= 0.6 is 11.6 Å². The molecule has 0 heterocycles. The van der Waals surface area contributed by atoms with E-state index in [0.717, 1.165) is 12.1 Å². The Balaban J connectivity index is 2.51. The molecule has 0 atom stereocenters. The molecule has 1 aromatic rings. The van der Waals surface area contributed by atoms with Crippen LogP contribution in [0, 0.1) is 11.2 Å². The largest absolute Gasteiger partial charge is 0.312 e. The van der Waals surface area contributed by atoms with E-state index in [-0.39, 0.29) is 11.2 Å². The van der Waals surface area contributed by atoms with E-state index >= 15 is 0 Å². The second-order valence-corrected chi connectivity index (χ2v) is 5.31. The molecule has 0 saturated carbocycles. The van der Waals surface area contributed by atoms with Crippen LogP contribution in [0.4, 0.5) is 4.39 Å². The van der Waals surface area contributed by atoms with E-state index in [2.05, 4.69) is 26.1 Å². The molecule has 0 spiro atoms. The van der Waals surface area contributed by atoms with Gasteiger partial charge in [0.2, 0.25) is 0 Å². The maximum Gasteiger partial charge on any atom is 0.124 e. The Morgan fingerprint density at radius 2 is 2.00 bits per heavy atom. The van der Waals surface area contributed by atoms with E-state index in [1.807, 2.05) is 0 Å². The van der Waals surface area contributed by atoms with Crippen LogP contribution in [0.1, 0.15) is 26.3 Å². The Labute approximate surface area is 95.6 Å². The summed E-state index contributed by atoms with van der Waals surface area (Å²) in [4.78, 5) is 0. The summed E-state index contributed by atoms with van der Waals surface area (Å²) in [6.45, 7) is 8.06. The highest BCUT2D eigenvalue weighted by atomic mass is 35.5. The lowest BCUT2D eigenvalue weighted by Gasteiger charge is -2.19. The summed E-state index contributed by atoms with van der Waals surface area (Å²) >= 11 is 5.90. The first-order valence-electron chi connectivity index (χ1n) is 5.03. The zero-order valence-electron chi connectivity index (χ0n) is 9.40. The molecule has 3 heteroatoms. The molecule has 0 unspecified atom stereocenters. The molecular formula is C12H17ClFN. The average Bonchev–Trinajstić information content (AvgIpc) is 2.07. The molecule has 15 heavy (non-hydrogen) atoms. The Morgan fingerprint density at radius 3 is 2.53 bits per heavy atom. The summed E-state index contributed by atoms with van der Waals surface area (Å²) in [5.41, 5.74) is 1.18. The monoisotopic (exact) mass is 229 g/mol. The van der Waals surface area contributed by atoms with Crippen LogP contribution in [-0.4, -0.2) is 6.54 Å². The Bertz CT molecular complexity index is 331. The van der Waals surface area contributed by atoms with E-state index in [1.54, 1.807) is 6.07 Å². The lowest BCUT2D eigenvalue weighted by Crippen LogP contribution is -2.26. The van der Waals surface area contributed by atoms with Crippen molar-refractivity contribution in [3.8, 4) is 0 Å². The third-order valence-electron chi connectivity index (χ3n) is 1.99. The number of halogens is 2. The van der Waals surface area contributed by atoms with Gasteiger partial charge in [0.15, 0.2) is 0 Å². The van der Waals surface area contributed by atoms with Gasteiger partial charge in [-0.1, -0.05) is 38.4 Å². The molecule has 0 bridgehead atoms. The third kappa shape index (κ3) is 4.63. The van der Waals surface area contributed by atoms with Gasteiger partial charge in [-0.05, 0) is 23.1 Å². The van der Waals surface area contributed by atoms with E-state index in [4.69, 9.17) is 11.6 Å². The van der Waals surface area contributed by atoms with Gasteiger partial charge in [0, 0.05) is 18.1 Å². The molecule has 1 nitrogen and oxygen atoms in total. The molecule has 0 aliphatic heterocycles. The van der Waals surface area contributed by atoms with Crippen LogP contribution in [0.15, 0.2) is 18.2 Å². The summed E-state index contributed by atoms with van der Waals surface area (Å²) in [6.07, 6.45) is 0. The van der Waals surface area contributed by atoms with Crippen molar-refractivity contribution in [2.75, 3.05) is 6.54 Å². The van der Waals surface area contributed by atoms with E-state index < -0.39 is 0 Å². The highest BCUT2D eigenvalue weighted by Gasteiger charge is 2.09. The number of benzene rings is 1. The van der Waals surface area contributed by atoms with Crippen molar-refractivity contribution in [2.24, 2.45) is 5.41 Å². The first-order valence-corrected chi connectivity index (χ1v) is 5.41. The van der Waals surface area contributed by atoms with Crippen LogP contribution in [0.25, 0.3) is 0 Å². The van der Waals surface area contributed by atoms with Crippen LogP contribution in [0.5, 0.6) is 0 Å². The maximum absolute atomic E-state index is 12.8. The van der Waals surface area contributed by atoms with Crippen molar-refractivity contribution in [1.82, 2.24) is 5.32 Å². The van der Waals surface area contributed by atoms with Gasteiger partial charge >= 0.3 is 0 Å². The predicted octanol–water partition coefficient (Wildman–Crippen LogP) is 3.61. The Kier molecular flexibility index (Phi) is 4.12. The van der Waals surface area contributed by atoms with Gasteiger partial charge in [-0.3, -0.25) is 0 Å². The van der Waals surface area contributed by atoms with Gasteiger partial charge in [0.25, 0.3) is 0 Å². The molecule has 0 amide bonds. The van der Waals surface area contributed by atoms with Gasteiger partial charge in [0.05, 0.1) is 0 Å². The number of rotatable bonds is 3. The minimum absolute atomic E-state index is 0.243. The molecule has 1 aromatic carbocycles. The first-order chi connectivity index (χ1) is 6.88. The second-order valence-electron chi connectivity index (χ2n) is 4.90. The summed E-state index contributed by atoms with van der Waals surface area (Å²) in [5.74, 6) is -0.292. The van der Waals surface area contributed by atoms with Gasteiger partial charge in [-0.15, -0.1) is 0 Å². The fourth-order valence-corrected chi connectivity index (χ4v) is 1.47. The zero-order valence-corrected chi connectivity index (χ0v) is 10.2. The zero-order chi connectivity index (χ0) is 11.5. The van der Waals surface area contributed by atoms with E-state index in [1.165, 1.54) is 12.1 Å². The Morgan fingerprint density at radius 1 is 1.33 bits per heavy atom.